The fourth-order valence-corrected chi connectivity index (χ4v) is 6.75. The Morgan fingerprint density at radius 3 is 1.48 bits per heavy atom. The van der Waals surface area contributed by atoms with Gasteiger partial charge in [0, 0.05) is 13.0 Å². The summed E-state index contributed by atoms with van der Waals surface area (Å²) in [5.41, 5.74) is 0. The highest BCUT2D eigenvalue weighted by atomic mass is 16.7. The number of hydrogen-bond acceptors (Lipinski definition) is 14. The maximum Gasteiger partial charge on any atom is 0.306 e. The van der Waals surface area contributed by atoms with Crippen LogP contribution in [0.1, 0.15) is 117 Å². The molecule has 65 heavy (non-hydrogen) atoms. The fraction of sp³-hybridized carbons (Fsp3) is 0.667. The maximum atomic E-state index is 13.0. The third-order valence-electron chi connectivity index (χ3n) is 10.6. The number of carbonyl (C=O) groups is 1. The lowest BCUT2D eigenvalue weighted by atomic mass is 9.98. The number of aliphatic hydroxyl groups excluding tert-OH is 7. The number of unbranched alkanes of at least 4 members (excludes halogenated alkanes) is 5. The van der Waals surface area contributed by atoms with Crippen LogP contribution in [-0.2, 0) is 33.2 Å². The van der Waals surface area contributed by atoms with Crippen molar-refractivity contribution in [2.24, 2.45) is 0 Å². The summed E-state index contributed by atoms with van der Waals surface area (Å²) in [6.45, 7) is 3.23. The van der Waals surface area contributed by atoms with E-state index in [1.165, 1.54) is 0 Å². The molecule has 0 saturated carbocycles. The van der Waals surface area contributed by atoms with Gasteiger partial charge in [-0.3, -0.25) is 4.79 Å². The van der Waals surface area contributed by atoms with E-state index in [0.717, 1.165) is 89.9 Å². The summed E-state index contributed by atoms with van der Waals surface area (Å²) in [5.74, 6) is -0.424. The SMILES string of the molecule is CC/C=C\C/C=C\C/C=C\C/C=C\CCCCCCC(=O)OC(COCCC/C=C\C/C=C\C/C=C\C/C=C\CC)COC1OC(COC2OC(CO)C(O)C(O)C2O)C(O)C(O)C1O. The number of aliphatic hydroxyl groups is 7. The molecule has 2 fully saturated rings. The summed E-state index contributed by atoms with van der Waals surface area (Å²) < 4.78 is 34.1. The molecular formula is C51H82O14. The molecule has 2 heterocycles. The molecule has 7 N–H and O–H groups in total. The lowest BCUT2D eigenvalue weighted by Crippen LogP contribution is -2.61. The summed E-state index contributed by atoms with van der Waals surface area (Å²) >= 11 is 0. The Balaban J connectivity index is 1.84. The Hall–Kier alpha value is -3.09. The molecule has 11 unspecified atom stereocenters. The van der Waals surface area contributed by atoms with Gasteiger partial charge in [-0.05, 0) is 83.5 Å². The van der Waals surface area contributed by atoms with E-state index in [1.807, 2.05) is 0 Å². The predicted octanol–water partition coefficient (Wildman–Crippen LogP) is 6.29. The van der Waals surface area contributed by atoms with Crippen molar-refractivity contribution in [2.75, 3.05) is 33.0 Å². The second-order valence-corrected chi connectivity index (χ2v) is 16.2. The zero-order valence-electron chi connectivity index (χ0n) is 38.9. The molecule has 14 heteroatoms. The van der Waals surface area contributed by atoms with E-state index in [4.69, 9.17) is 28.4 Å². The van der Waals surface area contributed by atoms with Crippen molar-refractivity contribution in [1.29, 1.82) is 0 Å². The smallest absolute Gasteiger partial charge is 0.306 e. The summed E-state index contributed by atoms with van der Waals surface area (Å²) in [4.78, 5) is 13.0. The molecule has 0 aromatic rings. The highest BCUT2D eigenvalue weighted by molar-refractivity contribution is 5.69. The van der Waals surface area contributed by atoms with Crippen molar-refractivity contribution in [3.63, 3.8) is 0 Å². The van der Waals surface area contributed by atoms with Crippen LogP contribution in [0.15, 0.2) is 97.2 Å². The van der Waals surface area contributed by atoms with Crippen LogP contribution in [0.2, 0.25) is 0 Å². The van der Waals surface area contributed by atoms with E-state index in [1.54, 1.807) is 0 Å². The Bertz CT molecular complexity index is 1440. The van der Waals surface area contributed by atoms with Crippen molar-refractivity contribution >= 4 is 5.97 Å². The van der Waals surface area contributed by atoms with Gasteiger partial charge in [0.1, 0.15) is 54.9 Å². The van der Waals surface area contributed by atoms with E-state index in [0.29, 0.717) is 13.0 Å². The number of rotatable bonds is 35. The van der Waals surface area contributed by atoms with E-state index in [2.05, 4.69) is 111 Å². The first-order chi connectivity index (χ1) is 31.6. The highest BCUT2D eigenvalue weighted by Crippen LogP contribution is 2.26. The Morgan fingerprint density at radius 2 is 0.954 bits per heavy atom. The average molecular weight is 919 g/mol. The number of allylic oxidation sites excluding steroid dienone is 16. The lowest BCUT2D eigenvalue weighted by molar-refractivity contribution is -0.332. The van der Waals surface area contributed by atoms with Gasteiger partial charge in [0.2, 0.25) is 0 Å². The highest BCUT2D eigenvalue weighted by Gasteiger charge is 2.47. The van der Waals surface area contributed by atoms with Gasteiger partial charge >= 0.3 is 5.97 Å². The molecule has 2 aliphatic rings. The Labute approximate surface area is 388 Å². The van der Waals surface area contributed by atoms with E-state index in [-0.39, 0.29) is 19.6 Å². The van der Waals surface area contributed by atoms with Crippen molar-refractivity contribution in [3.05, 3.63) is 97.2 Å². The van der Waals surface area contributed by atoms with Crippen LogP contribution in [0.5, 0.6) is 0 Å². The summed E-state index contributed by atoms with van der Waals surface area (Å²) in [5, 5.41) is 72.0. The molecule has 0 aromatic carbocycles. The third kappa shape index (κ3) is 26.1. The Morgan fingerprint density at radius 1 is 0.508 bits per heavy atom. The number of ether oxygens (including phenoxy) is 6. The molecule has 0 amide bonds. The largest absolute Gasteiger partial charge is 0.457 e. The first-order valence-corrected chi connectivity index (χ1v) is 23.8. The standard InChI is InChI=1S/C51H82O14/c1-3-5-7-9-11-13-15-17-19-20-21-22-24-26-28-30-32-34-43(53)63-40(37-60-35-33-31-29-27-25-23-18-16-14-12-10-8-6-4-2)38-61-50-49(59)47(57)45(55)42(65-50)39-62-51-48(58)46(56)44(54)41(36-52)64-51/h5-8,11-14,17-19,21-23,27,29,40-42,44-52,54-59H,3-4,9-10,15-16,20,24-26,28,30-39H2,1-2H3/b7-5-,8-6-,13-11-,14-12-,19-17-,22-21-,23-18-,29-27-. The summed E-state index contributed by atoms with van der Waals surface area (Å²) in [6, 6.07) is 0. The molecule has 0 spiro atoms. The van der Waals surface area contributed by atoms with Crippen LogP contribution in [0.3, 0.4) is 0 Å². The zero-order valence-corrected chi connectivity index (χ0v) is 38.9. The number of esters is 1. The van der Waals surface area contributed by atoms with Gasteiger partial charge in [-0.25, -0.2) is 0 Å². The van der Waals surface area contributed by atoms with Gasteiger partial charge in [-0.1, -0.05) is 124 Å². The summed E-state index contributed by atoms with van der Waals surface area (Å²) in [7, 11) is 0. The first-order valence-electron chi connectivity index (χ1n) is 23.8. The quantitative estimate of drug-likeness (QED) is 0.0212. The van der Waals surface area contributed by atoms with Crippen LogP contribution >= 0.6 is 0 Å². The second kappa shape index (κ2) is 37.9. The van der Waals surface area contributed by atoms with Crippen molar-refractivity contribution < 1.29 is 69.0 Å². The molecule has 11 atom stereocenters. The molecular weight excluding hydrogens is 837 g/mol. The van der Waals surface area contributed by atoms with Crippen LogP contribution < -0.4 is 0 Å². The predicted molar refractivity (Wildman–Crippen MR) is 251 cm³/mol. The van der Waals surface area contributed by atoms with E-state index >= 15 is 0 Å². The van der Waals surface area contributed by atoms with Gasteiger partial charge in [0.25, 0.3) is 0 Å². The topological polar surface area (TPSA) is 214 Å². The van der Waals surface area contributed by atoms with E-state index < -0.39 is 86.7 Å². The van der Waals surface area contributed by atoms with Gasteiger partial charge in [0.05, 0.1) is 26.4 Å². The van der Waals surface area contributed by atoms with Crippen molar-refractivity contribution in [1.82, 2.24) is 0 Å². The maximum absolute atomic E-state index is 13.0. The summed E-state index contributed by atoms with van der Waals surface area (Å²) in [6.07, 6.45) is 32.0. The van der Waals surface area contributed by atoms with Gasteiger partial charge in [0.15, 0.2) is 12.6 Å². The molecule has 2 rings (SSSR count). The molecule has 0 aliphatic carbocycles. The monoisotopic (exact) mass is 919 g/mol. The van der Waals surface area contributed by atoms with E-state index in [9.17, 15) is 40.5 Å². The van der Waals surface area contributed by atoms with Gasteiger partial charge in [-0.2, -0.15) is 0 Å². The number of carbonyl (C=O) groups excluding carboxylic acids is 1. The molecule has 370 valence electrons. The normalized spacial score (nSPS) is 27.4. The minimum atomic E-state index is -1.73. The molecule has 0 bridgehead atoms. The second-order valence-electron chi connectivity index (χ2n) is 16.2. The molecule has 0 aromatic heterocycles. The molecule has 2 saturated heterocycles. The van der Waals surface area contributed by atoms with Crippen LogP contribution in [-0.4, -0.2) is 142 Å². The van der Waals surface area contributed by atoms with Crippen LogP contribution in [0.25, 0.3) is 0 Å². The van der Waals surface area contributed by atoms with Gasteiger partial charge < -0.3 is 64.2 Å². The fourth-order valence-electron chi connectivity index (χ4n) is 6.75. The Kier molecular flexibility index (Phi) is 33.9. The zero-order chi connectivity index (χ0) is 47.3. The molecule has 14 nitrogen and oxygen atoms in total. The molecule has 2 aliphatic heterocycles. The molecule has 0 radical (unpaired) electrons. The third-order valence-corrected chi connectivity index (χ3v) is 10.6. The van der Waals surface area contributed by atoms with Crippen molar-refractivity contribution in [3.8, 4) is 0 Å². The lowest BCUT2D eigenvalue weighted by Gasteiger charge is -2.42. The minimum Gasteiger partial charge on any atom is -0.457 e. The first kappa shape index (κ1) is 58.0. The number of hydrogen-bond donors (Lipinski definition) is 7. The van der Waals surface area contributed by atoms with Crippen LogP contribution in [0.4, 0.5) is 0 Å². The van der Waals surface area contributed by atoms with Crippen LogP contribution in [0, 0.1) is 0 Å². The average Bonchev–Trinajstić information content (AvgIpc) is 3.30. The minimum absolute atomic E-state index is 0.00640. The van der Waals surface area contributed by atoms with Crippen molar-refractivity contribution in [2.45, 2.75) is 184 Å². The van der Waals surface area contributed by atoms with Gasteiger partial charge in [-0.15, -0.1) is 0 Å².